The van der Waals surface area contributed by atoms with Crippen LogP contribution in [0.4, 0.5) is 34.5 Å². The van der Waals surface area contributed by atoms with Crippen LogP contribution in [0.3, 0.4) is 0 Å². The zero-order valence-electron chi connectivity index (χ0n) is 35.7. The summed E-state index contributed by atoms with van der Waals surface area (Å²) >= 11 is 3.63. The molecule has 16 heteroatoms. The first-order valence-electron chi connectivity index (χ1n) is 21.5. The van der Waals surface area contributed by atoms with Gasteiger partial charge in [0.15, 0.2) is 0 Å². The lowest BCUT2D eigenvalue weighted by Gasteiger charge is -2.44. The van der Waals surface area contributed by atoms with Crippen molar-refractivity contribution in [1.82, 2.24) is 30.0 Å². The van der Waals surface area contributed by atoms with Crippen molar-refractivity contribution in [3.63, 3.8) is 0 Å². The highest BCUT2D eigenvalue weighted by molar-refractivity contribution is 9.10. The predicted molar refractivity (Wildman–Crippen MR) is 250 cm³/mol. The van der Waals surface area contributed by atoms with Crippen molar-refractivity contribution in [2.75, 3.05) is 80.1 Å². The Hall–Kier alpha value is -5.24. The number of nitrogens with zero attached hydrogens (tertiary/aromatic N) is 7. The molecule has 1 unspecified atom stereocenters. The molecule has 324 valence electrons. The average Bonchev–Trinajstić information content (AvgIpc) is 4.03. The molecule has 2 aromatic heterocycles. The summed E-state index contributed by atoms with van der Waals surface area (Å²) in [6, 6.07) is 19.3. The normalized spacial score (nSPS) is 19.1. The standard InChI is InChI=1S/C46H54BrN10O4P/c1-54-28-32(26-49-54)36-24-39(51-46-48-27-37(47)44(53-46)50-38-13-9-31(29-5-6-29)23-42(38)62(3,4)60)41(61-2)25-40(36)57-17-15-34(16-18-57)56-21-19-55(20-22-56)33-10-7-30(8-11-33)35-12-14-43(58)52-45(35)59/h7-11,13,23-29,34-35H,5-6,12,14-22H2,1-4H3,(H,52,58,59)(H2,48,50,51,53). The van der Waals surface area contributed by atoms with Crippen molar-refractivity contribution in [3.05, 3.63) is 88.8 Å². The first-order chi connectivity index (χ1) is 29.9. The van der Waals surface area contributed by atoms with E-state index < -0.39 is 7.14 Å². The lowest BCUT2D eigenvalue weighted by atomic mass is 9.90. The van der Waals surface area contributed by atoms with Crippen LogP contribution in [0.1, 0.15) is 61.5 Å². The van der Waals surface area contributed by atoms with Gasteiger partial charge in [0, 0.05) is 105 Å². The van der Waals surface area contributed by atoms with E-state index in [1.54, 1.807) is 13.3 Å². The van der Waals surface area contributed by atoms with Gasteiger partial charge in [0.2, 0.25) is 17.8 Å². The Morgan fingerprint density at radius 2 is 1.58 bits per heavy atom. The molecule has 9 rings (SSSR count). The Morgan fingerprint density at radius 1 is 0.839 bits per heavy atom. The Kier molecular flexibility index (Phi) is 11.9. The molecular formula is C46H54BrN10O4P. The van der Waals surface area contributed by atoms with Crippen molar-refractivity contribution in [2.45, 2.75) is 56.4 Å². The Labute approximate surface area is 371 Å². The number of nitrogens with one attached hydrogen (secondary N) is 3. The molecule has 1 atom stereocenters. The maximum absolute atomic E-state index is 13.4. The molecule has 3 aromatic carbocycles. The number of aromatic nitrogens is 4. The summed E-state index contributed by atoms with van der Waals surface area (Å²) in [7, 11) is 1.02. The molecule has 3 aliphatic heterocycles. The van der Waals surface area contributed by atoms with Gasteiger partial charge < -0.3 is 29.7 Å². The number of halogens is 1. The molecule has 0 spiro atoms. The number of benzene rings is 3. The molecule has 5 heterocycles. The summed E-state index contributed by atoms with van der Waals surface area (Å²) in [4.78, 5) is 41.0. The lowest BCUT2D eigenvalue weighted by molar-refractivity contribution is -0.134. The Morgan fingerprint density at radius 3 is 2.24 bits per heavy atom. The van der Waals surface area contributed by atoms with Gasteiger partial charge in [0.05, 0.1) is 35.1 Å². The lowest BCUT2D eigenvalue weighted by Crippen LogP contribution is -2.53. The van der Waals surface area contributed by atoms with Crippen molar-refractivity contribution in [1.29, 1.82) is 0 Å². The summed E-state index contributed by atoms with van der Waals surface area (Å²) in [5.41, 5.74) is 8.01. The third-order valence-corrected chi connectivity index (χ3v) is 14.9. The van der Waals surface area contributed by atoms with Gasteiger partial charge in [-0.3, -0.25) is 24.5 Å². The number of hydrogen-bond donors (Lipinski definition) is 3. The van der Waals surface area contributed by atoms with Gasteiger partial charge in [-0.25, -0.2) is 4.98 Å². The number of anilines is 6. The highest BCUT2D eigenvalue weighted by atomic mass is 79.9. The highest BCUT2D eigenvalue weighted by Crippen LogP contribution is 2.45. The number of rotatable bonds is 12. The third kappa shape index (κ3) is 9.12. The van der Waals surface area contributed by atoms with E-state index >= 15 is 0 Å². The van der Waals surface area contributed by atoms with Crippen LogP contribution < -0.4 is 35.8 Å². The fourth-order valence-electron chi connectivity index (χ4n) is 9.17. The van der Waals surface area contributed by atoms with Crippen molar-refractivity contribution < 1.29 is 18.9 Å². The fourth-order valence-corrected chi connectivity index (χ4v) is 10.6. The Balaban J connectivity index is 0.878. The maximum atomic E-state index is 13.4. The fraction of sp³-hybridized carbons (Fsp3) is 0.413. The molecule has 1 aliphatic carbocycles. The summed E-state index contributed by atoms with van der Waals surface area (Å²) in [6.45, 7) is 9.32. The minimum atomic E-state index is -2.59. The van der Waals surface area contributed by atoms with E-state index in [1.165, 1.54) is 24.1 Å². The quantitative estimate of drug-likeness (QED) is 0.0837. The number of imide groups is 1. The number of aryl methyl sites for hydroxylation is 1. The third-order valence-electron chi connectivity index (χ3n) is 12.8. The van der Waals surface area contributed by atoms with Gasteiger partial charge in [-0.1, -0.05) is 18.2 Å². The molecule has 14 nitrogen and oxygen atoms in total. The van der Waals surface area contributed by atoms with Crippen LogP contribution in [0.15, 0.2) is 77.7 Å². The van der Waals surface area contributed by atoms with Crippen LogP contribution in [-0.4, -0.2) is 102 Å². The monoisotopic (exact) mass is 920 g/mol. The highest BCUT2D eigenvalue weighted by Gasteiger charge is 2.31. The number of hydrogen-bond acceptors (Lipinski definition) is 12. The number of methoxy groups -OCH3 is 1. The zero-order valence-corrected chi connectivity index (χ0v) is 38.2. The van der Waals surface area contributed by atoms with Crippen LogP contribution in [0.25, 0.3) is 11.1 Å². The van der Waals surface area contributed by atoms with E-state index in [9.17, 15) is 14.2 Å². The average molecular weight is 922 g/mol. The second kappa shape index (κ2) is 17.5. The van der Waals surface area contributed by atoms with Crippen molar-refractivity contribution in [2.24, 2.45) is 7.05 Å². The van der Waals surface area contributed by atoms with Gasteiger partial charge in [-0.2, -0.15) is 10.1 Å². The van der Waals surface area contributed by atoms with Crippen LogP contribution in [-0.2, 0) is 21.2 Å². The topological polar surface area (TPSA) is 150 Å². The van der Waals surface area contributed by atoms with Gasteiger partial charge >= 0.3 is 0 Å². The van der Waals surface area contributed by atoms with E-state index in [0.29, 0.717) is 46.8 Å². The van der Waals surface area contributed by atoms with Crippen molar-refractivity contribution in [3.8, 4) is 16.9 Å². The second-order valence-corrected chi connectivity index (χ2v) is 21.4. The number of ether oxygens (including phenoxy) is 1. The molecular weight excluding hydrogens is 867 g/mol. The van der Waals surface area contributed by atoms with E-state index in [4.69, 9.17) is 9.72 Å². The largest absolute Gasteiger partial charge is 0.494 e. The molecule has 2 amide bonds. The van der Waals surface area contributed by atoms with Crippen LogP contribution in [0, 0.1) is 0 Å². The molecule has 5 aromatic rings. The van der Waals surface area contributed by atoms with Crippen LogP contribution in [0.2, 0.25) is 0 Å². The SMILES string of the molecule is COc1cc(N2CCC(N3CCN(c4ccc(C5CCC(=O)NC5=O)cc4)CC3)CC2)c(-c2cnn(C)c2)cc1Nc1ncc(Br)c(Nc2ccc(C3CC3)cc2P(C)(C)=O)n1. The minimum Gasteiger partial charge on any atom is -0.494 e. The molecule has 3 N–H and O–H groups in total. The summed E-state index contributed by atoms with van der Waals surface area (Å²) < 4.78 is 22.0. The van der Waals surface area contributed by atoms with E-state index in [2.05, 4.69) is 93.1 Å². The molecule has 3 saturated heterocycles. The summed E-state index contributed by atoms with van der Waals surface area (Å²) in [6.07, 6.45) is 11.0. The molecule has 0 radical (unpaired) electrons. The summed E-state index contributed by atoms with van der Waals surface area (Å²) in [5, 5.41) is 14.7. The predicted octanol–water partition coefficient (Wildman–Crippen LogP) is 7.57. The molecule has 62 heavy (non-hydrogen) atoms. The van der Waals surface area contributed by atoms with Gasteiger partial charge in [0.1, 0.15) is 18.7 Å². The molecule has 0 bridgehead atoms. The summed E-state index contributed by atoms with van der Waals surface area (Å²) in [5.74, 6) is 1.53. The molecule has 4 aliphatic rings. The van der Waals surface area contributed by atoms with Gasteiger partial charge in [-0.15, -0.1) is 0 Å². The first kappa shape index (κ1) is 42.1. The number of carbonyl (C=O) groups is 2. The van der Waals surface area contributed by atoms with E-state index in [1.807, 2.05) is 55.7 Å². The van der Waals surface area contributed by atoms with Crippen LogP contribution >= 0.6 is 23.1 Å². The van der Waals surface area contributed by atoms with E-state index in [-0.39, 0.29) is 17.7 Å². The number of piperazine rings is 1. The zero-order chi connectivity index (χ0) is 43.1. The Bertz CT molecular complexity index is 2520. The molecule has 4 fully saturated rings. The van der Waals surface area contributed by atoms with Gasteiger partial charge in [-0.05, 0) is 109 Å². The van der Waals surface area contributed by atoms with Gasteiger partial charge in [0.25, 0.3) is 0 Å². The van der Waals surface area contributed by atoms with Crippen molar-refractivity contribution >= 4 is 74.7 Å². The first-order valence-corrected chi connectivity index (χ1v) is 24.9. The van der Waals surface area contributed by atoms with Crippen LogP contribution in [0.5, 0.6) is 5.75 Å². The smallest absolute Gasteiger partial charge is 0.234 e. The van der Waals surface area contributed by atoms with E-state index in [0.717, 1.165) is 91.2 Å². The number of amides is 2. The number of carbonyl (C=O) groups excluding carboxylic acids is 2. The molecule has 1 saturated carbocycles. The minimum absolute atomic E-state index is 0.186. The second-order valence-electron chi connectivity index (χ2n) is 17.4. The number of piperidine rings is 2. The maximum Gasteiger partial charge on any atom is 0.234 e.